The van der Waals surface area contributed by atoms with E-state index in [2.05, 4.69) is 6.07 Å². The Hall–Kier alpha value is -1.63. The summed E-state index contributed by atoms with van der Waals surface area (Å²) in [5.41, 5.74) is 0.544. The Morgan fingerprint density at radius 2 is 1.88 bits per heavy atom. The van der Waals surface area contributed by atoms with Gasteiger partial charge in [-0.15, -0.1) is 0 Å². The van der Waals surface area contributed by atoms with E-state index in [0.717, 1.165) is 4.90 Å². The van der Waals surface area contributed by atoms with Crippen molar-refractivity contribution in [2.45, 2.75) is 9.79 Å². The van der Waals surface area contributed by atoms with Gasteiger partial charge in [0.25, 0.3) is 0 Å². The minimum Gasteiger partial charge on any atom is -0.507 e. The minimum absolute atomic E-state index is 0.196. The lowest BCUT2D eigenvalue weighted by Crippen LogP contribution is -1.81. The number of hydrogen-bond donors (Lipinski definition) is 1. The maximum absolute atomic E-state index is 9.67. The van der Waals surface area contributed by atoms with Gasteiger partial charge in [-0.2, -0.15) is 5.26 Å². The van der Waals surface area contributed by atoms with Crippen LogP contribution >= 0.6 is 23.4 Å². The predicted octanol–water partition coefficient (Wildman–Crippen LogP) is 4.07. The van der Waals surface area contributed by atoms with Crippen LogP contribution in [0.5, 0.6) is 5.75 Å². The summed E-state index contributed by atoms with van der Waals surface area (Å²) in [5, 5.41) is 19.2. The van der Waals surface area contributed by atoms with E-state index in [1.165, 1.54) is 11.8 Å². The van der Waals surface area contributed by atoms with Crippen LogP contribution in [0, 0.1) is 11.3 Å². The number of rotatable bonds is 2. The molecule has 84 valence electrons. The van der Waals surface area contributed by atoms with Crippen LogP contribution in [0.15, 0.2) is 52.3 Å². The number of nitrogens with zero attached hydrogens (tertiary/aromatic N) is 1. The molecule has 2 aromatic carbocycles. The highest BCUT2D eigenvalue weighted by Gasteiger charge is 2.07. The van der Waals surface area contributed by atoms with Gasteiger partial charge >= 0.3 is 0 Å². The zero-order valence-electron chi connectivity index (χ0n) is 8.72. The number of para-hydroxylation sites is 1. The van der Waals surface area contributed by atoms with Crippen molar-refractivity contribution in [2.75, 3.05) is 0 Å². The van der Waals surface area contributed by atoms with Crippen molar-refractivity contribution in [2.24, 2.45) is 0 Å². The fraction of sp³-hybridized carbons (Fsp3) is 0. The van der Waals surface area contributed by atoms with E-state index in [0.29, 0.717) is 15.5 Å². The molecule has 0 saturated carbocycles. The van der Waals surface area contributed by atoms with Crippen LogP contribution in [0.25, 0.3) is 0 Å². The number of benzene rings is 2. The van der Waals surface area contributed by atoms with E-state index in [1.807, 2.05) is 6.07 Å². The summed E-state index contributed by atoms with van der Waals surface area (Å²) in [6.45, 7) is 0. The Kier molecular flexibility index (Phi) is 3.58. The number of hydrogen-bond acceptors (Lipinski definition) is 3. The van der Waals surface area contributed by atoms with E-state index in [9.17, 15) is 5.11 Å². The van der Waals surface area contributed by atoms with Gasteiger partial charge in [0.15, 0.2) is 0 Å². The van der Waals surface area contributed by atoms with Crippen molar-refractivity contribution in [3.63, 3.8) is 0 Å². The molecule has 2 rings (SSSR count). The van der Waals surface area contributed by atoms with Crippen LogP contribution in [0.2, 0.25) is 5.02 Å². The highest BCUT2D eigenvalue weighted by atomic mass is 35.5. The van der Waals surface area contributed by atoms with Gasteiger partial charge in [-0.1, -0.05) is 35.5 Å². The first-order valence-electron chi connectivity index (χ1n) is 4.86. The maximum atomic E-state index is 9.67. The average molecular weight is 262 g/mol. The molecule has 0 radical (unpaired) electrons. The van der Waals surface area contributed by atoms with Crippen LogP contribution < -0.4 is 0 Å². The fourth-order valence-electron chi connectivity index (χ4n) is 1.33. The normalized spacial score (nSPS) is 9.88. The second-order valence-corrected chi connectivity index (χ2v) is 4.84. The molecule has 0 atom stereocenters. The molecule has 0 fully saturated rings. The molecule has 1 N–H and O–H groups in total. The maximum Gasteiger partial charge on any atom is 0.129 e. The molecule has 4 heteroatoms. The number of phenolic OH excluding ortho intramolecular Hbond substituents is 1. The average Bonchev–Trinajstić information content (AvgIpc) is 2.32. The lowest BCUT2D eigenvalue weighted by Gasteiger charge is -2.06. The third kappa shape index (κ3) is 2.73. The van der Waals surface area contributed by atoms with Gasteiger partial charge in [0.05, 0.1) is 10.5 Å². The lowest BCUT2D eigenvalue weighted by molar-refractivity contribution is 0.462. The summed E-state index contributed by atoms with van der Waals surface area (Å²) in [4.78, 5) is 1.44. The SMILES string of the molecule is N#Cc1ccc(Cl)cc1Sc1ccccc1O. The Morgan fingerprint density at radius 3 is 2.59 bits per heavy atom. The molecule has 0 heterocycles. The highest BCUT2D eigenvalue weighted by Crippen LogP contribution is 2.36. The lowest BCUT2D eigenvalue weighted by atomic mass is 10.2. The van der Waals surface area contributed by atoms with Crippen LogP contribution in [0.3, 0.4) is 0 Å². The number of nitriles is 1. The Bertz CT molecular complexity index is 592. The van der Waals surface area contributed by atoms with Gasteiger partial charge in [-0.25, -0.2) is 0 Å². The van der Waals surface area contributed by atoms with Crippen LogP contribution in [-0.4, -0.2) is 5.11 Å². The summed E-state index contributed by atoms with van der Waals surface area (Å²) >= 11 is 7.22. The largest absolute Gasteiger partial charge is 0.507 e. The first-order valence-corrected chi connectivity index (χ1v) is 6.05. The summed E-state index contributed by atoms with van der Waals surface area (Å²) < 4.78 is 0. The van der Waals surface area contributed by atoms with Crippen molar-refractivity contribution in [1.82, 2.24) is 0 Å². The van der Waals surface area contributed by atoms with Crippen LogP contribution in [0.1, 0.15) is 5.56 Å². The van der Waals surface area contributed by atoms with Gasteiger partial charge in [0, 0.05) is 9.92 Å². The summed E-state index contributed by atoms with van der Waals surface area (Å²) in [5.74, 6) is 0.196. The quantitative estimate of drug-likeness (QED) is 0.886. The van der Waals surface area contributed by atoms with E-state index >= 15 is 0 Å². The van der Waals surface area contributed by atoms with Crippen molar-refractivity contribution in [3.8, 4) is 11.8 Å². The van der Waals surface area contributed by atoms with Gasteiger partial charge < -0.3 is 5.11 Å². The monoisotopic (exact) mass is 261 g/mol. The van der Waals surface area contributed by atoms with Gasteiger partial charge in [-0.05, 0) is 30.3 Å². The first-order chi connectivity index (χ1) is 8.20. The fourth-order valence-corrected chi connectivity index (χ4v) is 2.54. The summed E-state index contributed by atoms with van der Waals surface area (Å²) in [6, 6.07) is 14.2. The molecule has 0 spiro atoms. The van der Waals surface area contributed by atoms with Crippen molar-refractivity contribution in [3.05, 3.63) is 53.1 Å². The zero-order chi connectivity index (χ0) is 12.3. The van der Waals surface area contributed by atoms with Gasteiger partial charge in [0.1, 0.15) is 11.8 Å². The van der Waals surface area contributed by atoms with E-state index < -0.39 is 0 Å². The molecule has 0 saturated heterocycles. The van der Waals surface area contributed by atoms with Gasteiger partial charge in [-0.3, -0.25) is 0 Å². The second kappa shape index (κ2) is 5.13. The molecule has 2 nitrogen and oxygen atoms in total. The molecule has 0 aromatic heterocycles. The first kappa shape index (κ1) is 11.8. The Labute approximate surface area is 108 Å². The standard InChI is InChI=1S/C13H8ClNOS/c14-10-6-5-9(8-15)13(7-10)17-12-4-2-1-3-11(12)16/h1-7,16H. The second-order valence-electron chi connectivity index (χ2n) is 3.32. The molecule has 0 bridgehead atoms. The van der Waals surface area contributed by atoms with Crippen LogP contribution in [-0.2, 0) is 0 Å². The van der Waals surface area contributed by atoms with E-state index in [1.54, 1.807) is 36.4 Å². The predicted molar refractivity (Wildman–Crippen MR) is 68.4 cm³/mol. The molecular formula is C13H8ClNOS. The molecule has 0 aliphatic heterocycles. The van der Waals surface area contributed by atoms with Crippen molar-refractivity contribution < 1.29 is 5.11 Å². The minimum atomic E-state index is 0.196. The molecule has 0 unspecified atom stereocenters. The third-order valence-electron chi connectivity index (χ3n) is 2.15. The summed E-state index contributed by atoms with van der Waals surface area (Å²) in [6.07, 6.45) is 0. The molecule has 17 heavy (non-hydrogen) atoms. The van der Waals surface area contributed by atoms with E-state index in [4.69, 9.17) is 16.9 Å². The van der Waals surface area contributed by atoms with Crippen molar-refractivity contribution >= 4 is 23.4 Å². The topological polar surface area (TPSA) is 44.0 Å². The number of aromatic hydroxyl groups is 1. The summed E-state index contributed by atoms with van der Waals surface area (Å²) in [7, 11) is 0. The van der Waals surface area contributed by atoms with Crippen LogP contribution in [0.4, 0.5) is 0 Å². The molecule has 0 aliphatic rings. The number of halogens is 1. The zero-order valence-corrected chi connectivity index (χ0v) is 10.3. The smallest absolute Gasteiger partial charge is 0.129 e. The van der Waals surface area contributed by atoms with Gasteiger partial charge in [0.2, 0.25) is 0 Å². The Morgan fingerprint density at radius 1 is 1.12 bits per heavy atom. The molecule has 0 aliphatic carbocycles. The van der Waals surface area contributed by atoms with E-state index in [-0.39, 0.29) is 5.75 Å². The van der Waals surface area contributed by atoms with Crippen molar-refractivity contribution in [1.29, 1.82) is 5.26 Å². The molecule has 2 aromatic rings. The highest BCUT2D eigenvalue weighted by molar-refractivity contribution is 7.99. The number of phenols is 1. The Balaban J connectivity index is 2.40. The molecule has 0 amide bonds. The molecular weight excluding hydrogens is 254 g/mol. The third-order valence-corrected chi connectivity index (χ3v) is 3.51.